The first kappa shape index (κ1) is 36.0. The predicted molar refractivity (Wildman–Crippen MR) is 141 cm³/mol. The zero-order valence-corrected chi connectivity index (χ0v) is 25.1. The van der Waals surface area contributed by atoms with Crippen molar-refractivity contribution in [1.82, 2.24) is 0 Å². The van der Waals surface area contributed by atoms with Gasteiger partial charge in [-0.05, 0) is 45.1 Å². The van der Waals surface area contributed by atoms with Crippen molar-refractivity contribution in [2.75, 3.05) is 42.2 Å². The van der Waals surface area contributed by atoms with E-state index in [0.717, 1.165) is 57.0 Å². The van der Waals surface area contributed by atoms with Gasteiger partial charge in [-0.25, -0.2) is 4.79 Å². The van der Waals surface area contributed by atoms with Crippen molar-refractivity contribution in [2.24, 2.45) is 0 Å². The third-order valence-corrected chi connectivity index (χ3v) is 11.1. The lowest BCUT2D eigenvalue weighted by atomic mass is 10.1. The number of hydrogen-bond donors (Lipinski definition) is 1. The second kappa shape index (κ2) is 21.0. The number of carboxylic acids is 1. The molecule has 9 nitrogen and oxygen atoms in total. The van der Waals surface area contributed by atoms with E-state index in [4.69, 9.17) is 31.7 Å². The lowest BCUT2D eigenvalue weighted by molar-refractivity contribution is -0.132. The maximum atomic E-state index is 11.4. The summed E-state index contributed by atoms with van der Waals surface area (Å²) in [7, 11) is 2.90. The number of allylic oxidation sites excluding steroid dienone is 1. The van der Waals surface area contributed by atoms with Gasteiger partial charge in [0, 0.05) is 53.2 Å². The topological polar surface area (TPSA) is 110 Å². The highest BCUT2D eigenvalue weighted by Gasteiger charge is 2.39. The average molecular weight is 537 g/mol. The molecule has 0 aromatic heterocycles. The maximum Gasteiger partial charge on any atom is 0.500 e. The van der Waals surface area contributed by atoms with E-state index in [1.165, 1.54) is 0 Å². The minimum atomic E-state index is -2.65. The van der Waals surface area contributed by atoms with Gasteiger partial charge in [0.05, 0.1) is 0 Å². The monoisotopic (exact) mass is 536 g/mol. The fraction of sp³-hybridized carbons (Fsp3) is 0.750. The van der Waals surface area contributed by atoms with Crippen LogP contribution in [0.5, 0.6) is 0 Å². The summed E-state index contributed by atoms with van der Waals surface area (Å²) >= 11 is 0. The van der Waals surface area contributed by atoms with Crippen molar-refractivity contribution >= 4 is 29.4 Å². The van der Waals surface area contributed by atoms with Crippen LogP contribution in [0, 0.1) is 0 Å². The van der Waals surface area contributed by atoms with Crippen LogP contribution in [0.1, 0.15) is 65.7 Å². The number of carbonyl (C=O) groups excluding carboxylic acids is 1. The molecule has 0 unspecified atom stereocenters. The Labute approximate surface area is 214 Å². The molecule has 0 rings (SSSR count). The lowest BCUT2D eigenvalue weighted by Gasteiger charge is -2.26. The molecule has 0 aromatic rings. The molecule has 206 valence electrons. The molecule has 0 fully saturated rings. The molecule has 0 aliphatic heterocycles. The highest BCUT2D eigenvalue weighted by atomic mass is 28.4. The SMILES string of the molecule is C=C(C)C(=O)CO[Si](CCCCC)(OC)OC.CO[Si](CCCCCC=C(C)C(=O)O)(OC)OC. The first-order chi connectivity index (χ1) is 16.5. The molecule has 0 aliphatic rings. The van der Waals surface area contributed by atoms with Crippen molar-refractivity contribution in [1.29, 1.82) is 0 Å². The second-order valence-corrected chi connectivity index (χ2v) is 14.2. The second-order valence-electron chi connectivity index (χ2n) is 8.13. The first-order valence-corrected chi connectivity index (χ1v) is 15.9. The summed E-state index contributed by atoms with van der Waals surface area (Å²) in [6.07, 6.45) is 8.71. The largest absolute Gasteiger partial charge is 0.500 e. The number of aliphatic carboxylic acids is 1. The fourth-order valence-electron chi connectivity index (χ4n) is 2.99. The molecule has 1 N–H and O–H groups in total. The maximum absolute atomic E-state index is 11.4. The molecule has 0 radical (unpaired) electrons. The van der Waals surface area contributed by atoms with E-state index in [9.17, 15) is 9.59 Å². The van der Waals surface area contributed by atoms with Crippen LogP contribution in [0.15, 0.2) is 23.8 Å². The Kier molecular flexibility index (Phi) is 21.5. The summed E-state index contributed by atoms with van der Waals surface area (Å²) in [5.41, 5.74) is 0.901. The third kappa shape index (κ3) is 16.2. The number of carbonyl (C=O) groups is 2. The summed E-state index contributed by atoms with van der Waals surface area (Å²) in [5, 5.41) is 8.67. The summed E-state index contributed by atoms with van der Waals surface area (Å²) in [6.45, 7) is 9.00. The van der Waals surface area contributed by atoms with Crippen LogP contribution in [0.2, 0.25) is 12.1 Å². The fourth-order valence-corrected chi connectivity index (χ4v) is 6.78. The lowest BCUT2D eigenvalue weighted by Crippen LogP contribution is -2.45. The molecule has 0 amide bonds. The molecule has 0 aliphatic carbocycles. The zero-order valence-electron chi connectivity index (χ0n) is 23.1. The van der Waals surface area contributed by atoms with Crippen LogP contribution in [0.4, 0.5) is 0 Å². The van der Waals surface area contributed by atoms with E-state index in [-0.39, 0.29) is 12.4 Å². The van der Waals surface area contributed by atoms with Gasteiger partial charge >= 0.3 is 23.6 Å². The van der Waals surface area contributed by atoms with E-state index in [2.05, 4.69) is 13.5 Å². The average Bonchev–Trinajstić information content (AvgIpc) is 2.86. The zero-order chi connectivity index (χ0) is 27.3. The Morgan fingerprint density at radius 2 is 1.29 bits per heavy atom. The highest BCUT2D eigenvalue weighted by molar-refractivity contribution is 6.61. The predicted octanol–water partition coefficient (Wildman–Crippen LogP) is 5.03. The summed E-state index contributed by atoms with van der Waals surface area (Å²) in [6, 6.07) is 1.54. The molecule has 0 aromatic carbocycles. The van der Waals surface area contributed by atoms with Crippen molar-refractivity contribution in [2.45, 2.75) is 77.8 Å². The number of rotatable bonds is 20. The minimum Gasteiger partial charge on any atom is -0.478 e. The molecular weight excluding hydrogens is 488 g/mol. The van der Waals surface area contributed by atoms with Crippen molar-refractivity contribution in [3.05, 3.63) is 23.8 Å². The molecule has 0 bridgehead atoms. The molecule has 0 heterocycles. The third-order valence-electron chi connectivity index (χ3n) is 5.52. The van der Waals surface area contributed by atoms with Gasteiger partial charge in [-0.3, -0.25) is 4.79 Å². The number of Topliss-reactive ketones (excluding diaryl/α,β-unsaturated/α-hetero) is 1. The molecule has 0 spiro atoms. The Bertz CT molecular complexity index is 622. The molecule has 11 heteroatoms. The van der Waals surface area contributed by atoms with Crippen LogP contribution in [0.25, 0.3) is 0 Å². The smallest absolute Gasteiger partial charge is 0.478 e. The van der Waals surface area contributed by atoms with Crippen LogP contribution in [-0.2, 0) is 36.1 Å². The summed E-state index contributed by atoms with van der Waals surface area (Å²) in [5.74, 6) is -0.953. The Balaban J connectivity index is 0. The van der Waals surface area contributed by atoms with E-state index < -0.39 is 23.6 Å². The molecule has 0 saturated carbocycles. The van der Waals surface area contributed by atoms with Crippen molar-refractivity contribution in [3.8, 4) is 0 Å². The van der Waals surface area contributed by atoms with E-state index in [0.29, 0.717) is 11.1 Å². The number of unbranched alkanes of at least 4 members (excludes halogenated alkanes) is 5. The summed E-state index contributed by atoms with van der Waals surface area (Å²) < 4.78 is 32.3. The minimum absolute atomic E-state index is 0.00460. The van der Waals surface area contributed by atoms with Crippen LogP contribution < -0.4 is 0 Å². The molecular formula is C24H48O9Si2. The van der Waals surface area contributed by atoms with Crippen LogP contribution in [0.3, 0.4) is 0 Å². The van der Waals surface area contributed by atoms with Crippen LogP contribution >= 0.6 is 0 Å². The van der Waals surface area contributed by atoms with Gasteiger partial charge < -0.3 is 31.7 Å². The Morgan fingerprint density at radius 1 is 0.800 bits per heavy atom. The molecule has 35 heavy (non-hydrogen) atoms. The van der Waals surface area contributed by atoms with E-state index in [1.807, 2.05) is 0 Å². The van der Waals surface area contributed by atoms with Crippen molar-refractivity contribution in [3.63, 3.8) is 0 Å². The number of hydrogen-bond acceptors (Lipinski definition) is 8. The van der Waals surface area contributed by atoms with Gasteiger partial charge in [0.25, 0.3) is 0 Å². The van der Waals surface area contributed by atoms with Gasteiger partial charge in [0.15, 0.2) is 5.78 Å². The Hall–Kier alpha value is -1.19. The first-order valence-electron chi connectivity index (χ1n) is 12.0. The van der Waals surface area contributed by atoms with Gasteiger partial charge in [-0.2, -0.15) is 0 Å². The van der Waals surface area contributed by atoms with E-state index in [1.54, 1.807) is 55.5 Å². The summed E-state index contributed by atoms with van der Waals surface area (Å²) in [4.78, 5) is 22.0. The van der Waals surface area contributed by atoms with Crippen molar-refractivity contribution < 1.29 is 41.3 Å². The number of ketones is 1. The Morgan fingerprint density at radius 3 is 1.71 bits per heavy atom. The van der Waals surface area contributed by atoms with Gasteiger partial charge in [0.2, 0.25) is 0 Å². The quantitative estimate of drug-likeness (QED) is 0.130. The van der Waals surface area contributed by atoms with Gasteiger partial charge in [-0.1, -0.05) is 38.8 Å². The number of carboxylic acid groups (broad SMARTS) is 1. The van der Waals surface area contributed by atoms with Crippen LogP contribution in [-0.4, -0.2) is 76.6 Å². The normalized spacial score (nSPS) is 12.2. The van der Waals surface area contributed by atoms with Gasteiger partial charge in [0.1, 0.15) is 6.61 Å². The molecule has 0 saturated heterocycles. The standard InChI is InChI=1S/C12H24O5Si.C12H24O4Si/c1-11(12(13)14)9-7-5-6-8-10-18(15-2,16-3)17-4;1-6-7-8-9-17(14-4,15-5)16-10-12(13)11(2)3/h9H,5-8,10H2,1-4H3,(H,13,14);2,6-10H2,1,3-5H3. The highest BCUT2D eigenvalue weighted by Crippen LogP contribution is 2.19. The van der Waals surface area contributed by atoms with Gasteiger partial charge in [-0.15, -0.1) is 0 Å². The molecule has 0 atom stereocenters. The van der Waals surface area contributed by atoms with E-state index >= 15 is 0 Å².